The predicted molar refractivity (Wildman–Crippen MR) is 169 cm³/mol. The van der Waals surface area contributed by atoms with Gasteiger partial charge in [0.05, 0.1) is 17.5 Å². The van der Waals surface area contributed by atoms with Crippen LogP contribution < -0.4 is 16.0 Å². The predicted octanol–water partition coefficient (Wildman–Crippen LogP) is 5.71. The Morgan fingerprint density at radius 3 is 2.41 bits per heavy atom. The van der Waals surface area contributed by atoms with Crippen molar-refractivity contribution in [3.05, 3.63) is 66.1 Å². The van der Waals surface area contributed by atoms with Crippen molar-refractivity contribution in [2.75, 3.05) is 17.2 Å². The normalized spacial score (nSPS) is 17.4. The number of nitrogens with one attached hydrogen (secondary N) is 3. The third-order valence-electron chi connectivity index (χ3n) is 8.04. The lowest BCUT2D eigenvalue weighted by atomic mass is 9.93. The van der Waals surface area contributed by atoms with Gasteiger partial charge in [0.15, 0.2) is 5.65 Å². The molecule has 2 amide bonds. The molecule has 0 saturated heterocycles. The summed E-state index contributed by atoms with van der Waals surface area (Å²) in [6.45, 7) is 6.61. The van der Waals surface area contributed by atoms with Crippen LogP contribution in [0.1, 0.15) is 75.7 Å². The van der Waals surface area contributed by atoms with E-state index in [0.717, 1.165) is 67.4 Å². The zero-order valence-corrected chi connectivity index (χ0v) is 25.4. The van der Waals surface area contributed by atoms with Gasteiger partial charge in [0.1, 0.15) is 17.6 Å². The summed E-state index contributed by atoms with van der Waals surface area (Å²) in [4.78, 5) is 35.5. The van der Waals surface area contributed by atoms with Crippen LogP contribution in [0.5, 0.6) is 0 Å². The van der Waals surface area contributed by atoms with Gasteiger partial charge >= 0.3 is 0 Å². The molecule has 2 aromatic carbocycles. The standard InChI is InChI=1S/C33H40FN7O3/c1-4-5-18-35-33-36-19-27-29(40-41(30(27)39-33)25-14-16-26(42)17-15-25)21-6-8-22(9-7-21)31(43)38-28(20(2)3)32(44)37-24-12-10-23(34)11-13-24/h6-13,19-20,25-26,28,42H,4-5,14-18H2,1-3H3,(H,37,44)(H,38,43)(H,35,36,39)/t25-,26-,28?. The quantitative estimate of drug-likeness (QED) is 0.162. The Balaban J connectivity index is 1.36. The highest BCUT2D eigenvalue weighted by atomic mass is 19.1. The summed E-state index contributed by atoms with van der Waals surface area (Å²) >= 11 is 0. The van der Waals surface area contributed by atoms with Crippen LogP contribution in [0, 0.1) is 11.7 Å². The molecule has 4 N–H and O–H groups in total. The van der Waals surface area contributed by atoms with Crippen molar-refractivity contribution in [2.24, 2.45) is 5.92 Å². The monoisotopic (exact) mass is 601 g/mol. The van der Waals surface area contributed by atoms with Gasteiger partial charge in [-0.15, -0.1) is 0 Å². The average Bonchev–Trinajstić information content (AvgIpc) is 3.40. The number of halogens is 1. The number of rotatable bonds is 11. The number of carbonyl (C=O) groups is 2. The van der Waals surface area contributed by atoms with Crippen molar-refractivity contribution in [1.82, 2.24) is 25.1 Å². The van der Waals surface area contributed by atoms with Crippen LogP contribution in [0.2, 0.25) is 0 Å². The van der Waals surface area contributed by atoms with Crippen molar-refractivity contribution in [3.8, 4) is 11.3 Å². The lowest BCUT2D eigenvalue weighted by molar-refractivity contribution is -0.118. The molecule has 1 fully saturated rings. The molecular weight excluding hydrogens is 561 g/mol. The number of benzene rings is 2. The zero-order valence-electron chi connectivity index (χ0n) is 25.4. The van der Waals surface area contributed by atoms with Gasteiger partial charge in [-0.25, -0.2) is 14.1 Å². The molecule has 1 aliphatic carbocycles. The number of anilines is 2. The molecule has 0 bridgehead atoms. The Hall–Kier alpha value is -4.38. The van der Waals surface area contributed by atoms with E-state index in [0.29, 0.717) is 17.2 Å². The van der Waals surface area contributed by atoms with Gasteiger partial charge in [0.2, 0.25) is 11.9 Å². The molecule has 1 unspecified atom stereocenters. The summed E-state index contributed by atoms with van der Waals surface area (Å²) in [7, 11) is 0. The molecule has 0 radical (unpaired) electrons. The number of aliphatic hydroxyl groups excluding tert-OH is 1. The topological polar surface area (TPSA) is 134 Å². The molecule has 0 aliphatic heterocycles. The van der Waals surface area contributed by atoms with Crippen LogP contribution in [0.3, 0.4) is 0 Å². The van der Waals surface area contributed by atoms with Crippen LogP contribution in [0.4, 0.5) is 16.0 Å². The smallest absolute Gasteiger partial charge is 0.251 e. The molecule has 1 saturated carbocycles. The fourth-order valence-electron chi connectivity index (χ4n) is 5.45. The third-order valence-corrected chi connectivity index (χ3v) is 8.04. The number of hydrogen-bond donors (Lipinski definition) is 4. The van der Waals surface area contributed by atoms with Crippen molar-refractivity contribution in [3.63, 3.8) is 0 Å². The first-order chi connectivity index (χ1) is 21.2. The molecule has 4 aromatic rings. The fourth-order valence-corrected chi connectivity index (χ4v) is 5.45. The fraction of sp³-hybridized carbons (Fsp3) is 0.424. The van der Waals surface area contributed by atoms with E-state index in [1.807, 2.05) is 30.7 Å². The molecule has 11 heteroatoms. The Bertz CT molecular complexity index is 1580. The van der Waals surface area contributed by atoms with Crippen LogP contribution in [-0.2, 0) is 4.79 Å². The number of aliphatic hydroxyl groups is 1. The summed E-state index contributed by atoms with van der Waals surface area (Å²) in [5.74, 6) is -0.787. The maximum Gasteiger partial charge on any atom is 0.251 e. The van der Waals surface area contributed by atoms with E-state index < -0.39 is 11.9 Å². The minimum Gasteiger partial charge on any atom is -0.393 e. The number of aromatic nitrogens is 4. The lowest BCUT2D eigenvalue weighted by Gasteiger charge is -2.25. The van der Waals surface area contributed by atoms with Crippen LogP contribution >= 0.6 is 0 Å². The molecule has 5 rings (SSSR count). The highest BCUT2D eigenvalue weighted by Gasteiger charge is 2.27. The van der Waals surface area contributed by atoms with E-state index in [1.165, 1.54) is 24.3 Å². The molecule has 2 aromatic heterocycles. The molecule has 0 spiro atoms. The van der Waals surface area contributed by atoms with E-state index in [1.54, 1.807) is 18.3 Å². The van der Waals surface area contributed by atoms with Gasteiger partial charge in [-0.05, 0) is 74.4 Å². The number of amides is 2. The van der Waals surface area contributed by atoms with E-state index >= 15 is 0 Å². The number of unbranched alkanes of at least 4 members (excludes halogenated alkanes) is 1. The van der Waals surface area contributed by atoms with Crippen LogP contribution in [-0.4, -0.2) is 55.4 Å². The Kier molecular flexibility index (Phi) is 9.84. The van der Waals surface area contributed by atoms with Crippen molar-refractivity contribution < 1.29 is 19.1 Å². The summed E-state index contributed by atoms with van der Waals surface area (Å²) in [6.07, 6.45) is 6.65. The van der Waals surface area contributed by atoms with Gasteiger partial charge in [0.25, 0.3) is 5.91 Å². The maximum atomic E-state index is 13.3. The Labute approximate surface area is 256 Å². The Morgan fingerprint density at radius 1 is 1.05 bits per heavy atom. The summed E-state index contributed by atoms with van der Waals surface area (Å²) < 4.78 is 15.2. The summed E-state index contributed by atoms with van der Waals surface area (Å²) in [6, 6.07) is 11.9. The molecule has 1 atom stereocenters. The summed E-state index contributed by atoms with van der Waals surface area (Å²) in [5.41, 5.74) is 3.12. The molecule has 2 heterocycles. The minimum absolute atomic E-state index is 0.118. The number of nitrogens with zero attached hydrogens (tertiary/aromatic N) is 4. The van der Waals surface area contributed by atoms with Gasteiger partial charge < -0.3 is 21.1 Å². The van der Waals surface area contributed by atoms with Gasteiger partial charge in [-0.2, -0.15) is 10.1 Å². The zero-order chi connectivity index (χ0) is 31.2. The number of carbonyl (C=O) groups excluding carboxylic acids is 2. The van der Waals surface area contributed by atoms with Crippen LogP contribution in [0.15, 0.2) is 54.7 Å². The van der Waals surface area contributed by atoms with Gasteiger partial charge in [0, 0.05) is 29.6 Å². The Morgan fingerprint density at radius 2 is 1.75 bits per heavy atom. The highest BCUT2D eigenvalue weighted by molar-refractivity contribution is 6.01. The van der Waals surface area contributed by atoms with Crippen molar-refractivity contribution >= 4 is 34.5 Å². The lowest BCUT2D eigenvalue weighted by Crippen LogP contribution is -2.47. The van der Waals surface area contributed by atoms with Gasteiger partial charge in [-0.1, -0.05) is 39.3 Å². The first kappa shape index (κ1) is 31.1. The highest BCUT2D eigenvalue weighted by Crippen LogP contribution is 2.34. The maximum absolute atomic E-state index is 13.3. The van der Waals surface area contributed by atoms with E-state index in [9.17, 15) is 19.1 Å². The van der Waals surface area contributed by atoms with E-state index in [2.05, 4.69) is 27.9 Å². The molecule has 10 nitrogen and oxygen atoms in total. The molecule has 44 heavy (non-hydrogen) atoms. The number of fused-ring (bicyclic) bond motifs is 1. The average molecular weight is 602 g/mol. The first-order valence-electron chi connectivity index (χ1n) is 15.4. The van der Waals surface area contributed by atoms with E-state index in [4.69, 9.17) is 10.1 Å². The second-order valence-electron chi connectivity index (χ2n) is 11.7. The van der Waals surface area contributed by atoms with Crippen molar-refractivity contribution in [2.45, 2.75) is 77.5 Å². The number of hydrogen-bond acceptors (Lipinski definition) is 7. The molecule has 1 aliphatic rings. The SMILES string of the molecule is CCCCNc1ncc2c(-c3ccc(C(=O)NC(C(=O)Nc4ccc(F)cc4)C(C)C)cc3)nn([C@H]3CC[C@H](O)CC3)c2n1. The second kappa shape index (κ2) is 13.9. The first-order valence-corrected chi connectivity index (χ1v) is 15.4. The van der Waals surface area contributed by atoms with E-state index in [-0.39, 0.29) is 29.9 Å². The van der Waals surface area contributed by atoms with Crippen molar-refractivity contribution in [1.29, 1.82) is 0 Å². The van der Waals surface area contributed by atoms with Gasteiger partial charge in [-0.3, -0.25) is 9.59 Å². The largest absolute Gasteiger partial charge is 0.393 e. The van der Waals surface area contributed by atoms with Crippen LogP contribution in [0.25, 0.3) is 22.3 Å². The minimum atomic E-state index is -0.793. The molecular formula is C33H40FN7O3. The second-order valence-corrected chi connectivity index (χ2v) is 11.7. The third kappa shape index (κ3) is 7.21. The molecule has 232 valence electrons. The summed E-state index contributed by atoms with van der Waals surface area (Å²) in [5, 5.41) is 24.7.